The van der Waals surface area contributed by atoms with Gasteiger partial charge in [0, 0.05) is 31.1 Å². The van der Waals surface area contributed by atoms with Gasteiger partial charge in [0.2, 0.25) is 0 Å². The third-order valence-electron chi connectivity index (χ3n) is 9.13. The van der Waals surface area contributed by atoms with Crippen LogP contribution in [0.5, 0.6) is 0 Å². The number of hydrogen-bond donors (Lipinski definition) is 0. The van der Waals surface area contributed by atoms with Gasteiger partial charge in [-0.05, 0) is 74.8 Å². The summed E-state index contributed by atoms with van der Waals surface area (Å²) < 4.78 is 67.3. The van der Waals surface area contributed by atoms with Gasteiger partial charge >= 0.3 is 0 Å². The smallest absolute Gasteiger partial charge is 0.180 e. The summed E-state index contributed by atoms with van der Waals surface area (Å²) in [4.78, 5) is 9.28. The number of aromatic nitrogens is 2. The molecule has 0 saturated carbocycles. The molecule has 234 valence electrons. The lowest BCUT2D eigenvalue weighted by atomic mass is 9.97. The van der Waals surface area contributed by atoms with E-state index in [1.807, 2.05) is 54.6 Å². The maximum Gasteiger partial charge on any atom is 0.180 e. The largest absolute Gasteiger partial charge is 0.452 e. The molecule has 10 rings (SSSR count). The van der Waals surface area contributed by atoms with E-state index in [1.54, 1.807) is 0 Å². The van der Waals surface area contributed by atoms with Crippen LogP contribution in [0.2, 0.25) is 0 Å². The van der Waals surface area contributed by atoms with E-state index >= 15 is 0 Å². The number of nitrogens with zero attached hydrogens (tertiary/aromatic N) is 2. The molecule has 0 bridgehead atoms. The van der Waals surface area contributed by atoms with Crippen molar-refractivity contribution in [2.24, 2.45) is 0 Å². The average molecular weight is 664 g/mol. The Morgan fingerprint density at radius 1 is 0.500 bits per heavy atom. The molecule has 50 heavy (non-hydrogen) atoms. The lowest BCUT2D eigenvalue weighted by molar-refractivity contribution is 0.667. The van der Waals surface area contributed by atoms with Crippen LogP contribution in [0.15, 0.2) is 174 Å². The SMILES string of the molecule is [2H]c1c([2H])c([2H])c2c(sc3c(-c4cccc(-c5ncnc6c5oc5ccc(-c7ccc(-c8cccc(-c9ccccc9)c8)cc7)cc56)c4)c([2H])c([2H])c([2H])c32)c1[2H]. The maximum atomic E-state index is 8.98. The molecule has 0 atom stereocenters. The highest BCUT2D eigenvalue weighted by molar-refractivity contribution is 7.26. The van der Waals surface area contributed by atoms with Gasteiger partial charge in [-0.25, -0.2) is 9.97 Å². The van der Waals surface area contributed by atoms with E-state index in [4.69, 9.17) is 14.0 Å². The first-order chi connectivity index (χ1) is 27.7. The molecule has 0 aliphatic heterocycles. The van der Waals surface area contributed by atoms with Gasteiger partial charge in [-0.2, -0.15) is 0 Å². The second-order valence-electron chi connectivity index (χ2n) is 12.1. The van der Waals surface area contributed by atoms with Crippen molar-refractivity contribution in [1.29, 1.82) is 0 Å². The molecule has 0 aliphatic carbocycles. The first-order valence-corrected chi connectivity index (χ1v) is 17.0. The minimum Gasteiger partial charge on any atom is -0.452 e. The Morgan fingerprint density at radius 3 is 1.96 bits per heavy atom. The molecule has 7 aromatic carbocycles. The van der Waals surface area contributed by atoms with Crippen LogP contribution in [-0.2, 0) is 0 Å². The van der Waals surface area contributed by atoms with Gasteiger partial charge in [0.05, 0.1) is 9.60 Å². The molecule has 3 nitrogen and oxygen atoms in total. The van der Waals surface area contributed by atoms with Crippen LogP contribution in [0.1, 0.15) is 9.60 Å². The van der Waals surface area contributed by atoms with E-state index in [1.165, 1.54) is 17.5 Å². The van der Waals surface area contributed by atoms with Gasteiger partial charge in [-0.1, -0.05) is 133 Å². The van der Waals surface area contributed by atoms with Crippen LogP contribution < -0.4 is 0 Å². The van der Waals surface area contributed by atoms with E-state index in [0.717, 1.165) is 39.0 Å². The lowest BCUT2D eigenvalue weighted by Gasteiger charge is -2.08. The molecule has 0 saturated heterocycles. The second-order valence-corrected chi connectivity index (χ2v) is 13.1. The van der Waals surface area contributed by atoms with Crippen molar-refractivity contribution in [2.45, 2.75) is 0 Å². The fourth-order valence-corrected chi connectivity index (χ4v) is 7.77. The van der Waals surface area contributed by atoms with Gasteiger partial charge in [0.15, 0.2) is 5.58 Å². The van der Waals surface area contributed by atoms with Crippen LogP contribution in [0.4, 0.5) is 0 Å². The van der Waals surface area contributed by atoms with Crippen LogP contribution in [0, 0.1) is 0 Å². The summed E-state index contributed by atoms with van der Waals surface area (Å²) in [5, 5.41) is 1.28. The molecular formula is C46H28N2OS. The minimum absolute atomic E-state index is 0.163. The molecular weight excluding hydrogens is 629 g/mol. The summed E-state index contributed by atoms with van der Waals surface area (Å²) in [5.74, 6) is 0. The normalized spacial score (nSPS) is 13.6. The third kappa shape index (κ3) is 4.80. The van der Waals surface area contributed by atoms with Crippen molar-refractivity contribution in [3.05, 3.63) is 170 Å². The molecule has 3 aromatic heterocycles. The van der Waals surface area contributed by atoms with Crippen molar-refractivity contribution < 1.29 is 14.0 Å². The molecule has 10 aromatic rings. The quantitative estimate of drug-likeness (QED) is 0.184. The standard InChI is InChI=1S/C46H28N2OS/c1-2-9-29(10-3-1)32-11-6-12-33(25-32)30-19-21-31(22-20-30)34-23-24-41-40(27-34)44-45(49-41)43(47-28-48-44)36-14-7-13-35(26-36)37-16-8-17-39-38-15-4-5-18-42(38)50-46(37)39/h1-28H/i4D,5D,8D,15D,16D,17D,18D. The number of benzene rings is 7. The second kappa shape index (κ2) is 11.7. The fourth-order valence-electron chi connectivity index (χ4n) is 6.68. The Labute approximate surface area is 302 Å². The van der Waals surface area contributed by atoms with Crippen LogP contribution >= 0.6 is 11.3 Å². The summed E-state index contributed by atoms with van der Waals surface area (Å²) in [6.45, 7) is 0. The number of thiophene rings is 1. The van der Waals surface area contributed by atoms with Gasteiger partial charge in [-0.15, -0.1) is 11.3 Å². The van der Waals surface area contributed by atoms with Crippen LogP contribution in [0.25, 0.3) is 98.0 Å². The van der Waals surface area contributed by atoms with Crippen molar-refractivity contribution in [3.63, 3.8) is 0 Å². The van der Waals surface area contributed by atoms with E-state index in [-0.39, 0.29) is 51.7 Å². The topological polar surface area (TPSA) is 38.9 Å². The molecule has 0 unspecified atom stereocenters. The molecule has 0 amide bonds. The predicted molar refractivity (Wildman–Crippen MR) is 209 cm³/mol. The summed E-state index contributed by atoms with van der Waals surface area (Å²) >= 11 is 1.11. The van der Waals surface area contributed by atoms with E-state index < -0.39 is 6.04 Å². The van der Waals surface area contributed by atoms with Crippen molar-refractivity contribution in [3.8, 4) is 55.8 Å². The van der Waals surface area contributed by atoms with E-state index in [0.29, 0.717) is 43.8 Å². The Morgan fingerprint density at radius 2 is 1.14 bits per heavy atom. The lowest BCUT2D eigenvalue weighted by Crippen LogP contribution is -1.88. The fraction of sp³-hybridized carbons (Fsp3) is 0. The highest BCUT2D eigenvalue weighted by atomic mass is 32.1. The van der Waals surface area contributed by atoms with Gasteiger partial charge < -0.3 is 4.42 Å². The zero-order chi connectivity index (χ0) is 39.1. The average Bonchev–Trinajstić information content (AvgIpc) is 3.84. The summed E-state index contributed by atoms with van der Waals surface area (Å²) in [6.07, 6.45) is 1.50. The number of fused-ring (bicyclic) bond motifs is 6. The number of hydrogen-bond acceptors (Lipinski definition) is 4. The molecule has 0 fully saturated rings. The maximum absolute atomic E-state index is 8.98. The molecule has 4 heteroatoms. The highest BCUT2D eigenvalue weighted by Gasteiger charge is 2.17. The molecule has 0 aliphatic rings. The first kappa shape index (κ1) is 22.3. The molecule has 0 radical (unpaired) electrons. The minimum atomic E-state index is -0.402. The number of rotatable bonds is 5. The first-order valence-electron chi connectivity index (χ1n) is 19.6. The zero-order valence-electron chi connectivity index (χ0n) is 33.3. The monoisotopic (exact) mass is 663 g/mol. The van der Waals surface area contributed by atoms with E-state index in [9.17, 15) is 0 Å². The van der Waals surface area contributed by atoms with Gasteiger partial charge in [-0.3, -0.25) is 0 Å². The third-order valence-corrected chi connectivity index (χ3v) is 10.3. The van der Waals surface area contributed by atoms with Gasteiger partial charge in [0.1, 0.15) is 23.1 Å². The Kier molecular flexibility index (Phi) is 5.20. The summed E-state index contributed by atoms with van der Waals surface area (Å²) in [7, 11) is 0. The Balaban J connectivity index is 1.04. The van der Waals surface area contributed by atoms with Crippen molar-refractivity contribution >= 4 is 53.6 Å². The van der Waals surface area contributed by atoms with E-state index in [2.05, 4.69) is 76.7 Å². The van der Waals surface area contributed by atoms with Gasteiger partial charge in [0.25, 0.3) is 0 Å². The summed E-state index contributed by atoms with van der Waals surface area (Å²) in [6, 6.07) is 38.9. The highest BCUT2D eigenvalue weighted by Crippen LogP contribution is 2.41. The zero-order valence-corrected chi connectivity index (χ0v) is 27.2. The Hall–Kier alpha value is -6.36. The van der Waals surface area contributed by atoms with Crippen LogP contribution in [0.3, 0.4) is 0 Å². The van der Waals surface area contributed by atoms with Crippen molar-refractivity contribution in [2.75, 3.05) is 0 Å². The number of furan rings is 1. The van der Waals surface area contributed by atoms with Crippen LogP contribution in [-0.4, -0.2) is 9.97 Å². The molecule has 3 heterocycles. The Bertz CT molecular complexity index is 3270. The summed E-state index contributed by atoms with van der Waals surface area (Å²) in [5.41, 5.74) is 10.7. The predicted octanol–water partition coefficient (Wildman–Crippen LogP) is 13.1. The molecule has 0 spiro atoms. The van der Waals surface area contributed by atoms with Crippen molar-refractivity contribution in [1.82, 2.24) is 9.97 Å². The molecule has 0 N–H and O–H groups in total.